The molecule has 0 bridgehead atoms. The molecule has 45 heavy (non-hydrogen) atoms. The van der Waals surface area contributed by atoms with E-state index in [0.717, 1.165) is 142 Å². The highest BCUT2D eigenvalue weighted by Crippen LogP contribution is 2.14. The topological polar surface area (TPSA) is 64.6 Å². The molecule has 0 aliphatic carbocycles. The van der Waals surface area contributed by atoms with E-state index in [2.05, 4.69) is 53.7 Å². The number of unbranched alkanes of at least 4 members (excludes halogenated alkanes) is 8. The van der Waals surface area contributed by atoms with Crippen LogP contribution in [0.3, 0.4) is 0 Å². The molecule has 0 aromatic rings. The first-order valence-electron chi connectivity index (χ1n) is 18.8. The molecule has 0 aliphatic rings. The molecule has 2 atom stereocenters. The Balaban J connectivity index is 4.74. The highest BCUT2D eigenvalue weighted by Gasteiger charge is 2.14. The average Bonchev–Trinajstić information content (AvgIpc) is 3.04. The summed E-state index contributed by atoms with van der Waals surface area (Å²) < 4.78 is 42.2. The van der Waals surface area contributed by atoms with E-state index in [-0.39, 0.29) is 12.6 Å². The van der Waals surface area contributed by atoms with Gasteiger partial charge in [0.25, 0.3) is 0 Å². The Morgan fingerprint density at radius 3 is 1.04 bits per heavy atom. The number of hydrogen-bond donors (Lipinski definition) is 0. The van der Waals surface area contributed by atoms with Crippen LogP contribution in [0.25, 0.3) is 0 Å². The Morgan fingerprint density at radius 1 is 0.378 bits per heavy atom. The lowest BCUT2D eigenvalue weighted by molar-refractivity contribution is -0.207. The van der Waals surface area contributed by atoms with Gasteiger partial charge in [0, 0.05) is 39.6 Å². The lowest BCUT2D eigenvalue weighted by atomic mass is 10.2. The van der Waals surface area contributed by atoms with Gasteiger partial charge in [-0.2, -0.15) is 0 Å². The van der Waals surface area contributed by atoms with E-state index in [1.807, 2.05) is 12.2 Å². The van der Waals surface area contributed by atoms with Crippen molar-refractivity contribution < 1.29 is 33.2 Å². The van der Waals surface area contributed by atoms with Gasteiger partial charge in [-0.25, -0.2) is 0 Å². The van der Waals surface area contributed by atoms with Crippen molar-refractivity contribution in [2.75, 3.05) is 39.6 Å². The monoisotopic (exact) mass is 643 g/mol. The Labute approximate surface area is 279 Å². The van der Waals surface area contributed by atoms with E-state index in [0.29, 0.717) is 13.2 Å². The molecule has 7 nitrogen and oxygen atoms in total. The smallest absolute Gasteiger partial charge is 0.180 e. The van der Waals surface area contributed by atoms with E-state index in [1.54, 1.807) is 0 Å². The molecule has 0 heterocycles. The Kier molecular flexibility index (Phi) is 35.4. The van der Waals surface area contributed by atoms with Crippen molar-refractivity contribution in [3.8, 4) is 0 Å². The van der Waals surface area contributed by atoms with Crippen molar-refractivity contribution in [3.05, 3.63) is 24.3 Å². The van der Waals surface area contributed by atoms with E-state index >= 15 is 0 Å². The zero-order valence-corrected chi connectivity index (χ0v) is 30.4. The molecule has 0 saturated heterocycles. The molecule has 0 rings (SSSR count). The zero-order chi connectivity index (χ0) is 33.1. The lowest BCUT2D eigenvalue weighted by Gasteiger charge is -2.21. The van der Waals surface area contributed by atoms with Gasteiger partial charge in [-0.3, -0.25) is 0 Å². The lowest BCUT2D eigenvalue weighted by Crippen LogP contribution is -2.25. The number of hydrogen-bond acceptors (Lipinski definition) is 7. The largest absolute Gasteiger partial charge is 0.353 e. The fourth-order valence-corrected chi connectivity index (χ4v) is 4.31. The van der Waals surface area contributed by atoms with Gasteiger partial charge in [0.2, 0.25) is 0 Å². The predicted molar refractivity (Wildman–Crippen MR) is 187 cm³/mol. The SMILES string of the molecule is CCCCOC(CCCCC=CC(OCCC)OC(C=CCCCCC(OCCCC)OCCCC)OCCC)OCCCC. The quantitative estimate of drug-likeness (QED) is 0.0383. The summed E-state index contributed by atoms with van der Waals surface area (Å²) in [5.41, 5.74) is 0. The predicted octanol–water partition coefficient (Wildman–Crippen LogP) is 10.7. The van der Waals surface area contributed by atoms with Crippen LogP contribution in [0.5, 0.6) is 0 Å². The van der Waals surface area contributed by atoms with Crippen molar-refractivity contribution in [1.82, 2.24) is 0 Å². The summed E-state index contributed by atoms with van der Waals surface area (Å²) >= 11 is 0. The van der Waals surface area contributed by atoms with Crippen LogP contribution in [0.15, 0.2) is 24.3 Å². The summed E-state index contributed by atoms with van der Waals surface area (Å²) in [6.07, 6.45) is 26.2. The maximum absolute atomic E-state index is 6.27. The third-order valence-electron chi connectivity index (χ3n) is 7.15. The van der Waals surface area contributed by atoms with Crippen molar-refractivity contribution in [2.45, 2.75) is 182 Å². The van der Waals surface area contributed by atoms with Gasteiger partial charge in [0.05, 0.1) is 0 Å². The van der Waals surface area contributed by atoms with E-state index < -0.39 is 12.6 Å². The summed E-state index contributed by atoms with van der Waals surface area (Å²) in [6.45, 7) is 17.4. The molecule has 0 aromatic carbocycles. The van der Waals surface area contributed by atoms with Crippen LogP contribution >= 0.6 is 0 Å². The Hall–Kier alpha value is -0.800. The maximum atomic E-state index is 6.27. The molecule has 0 fully saturated rings. The first-order chi connectivity index (χ1) is 22.1. The fourth-order valence-electron chi connectivity index (χ4n) is 4.31. The molecule has 268 valence electrons. The summed E-state index contributed by atoms with van der Waals surface area (Å²) in [5.74, 6) is 0. The van der Waals surface area contributed by atoms with Crippen LogP contribution in [0.2, 0.25) is 0 Å². The maximum Gasteiger partial charge on any atom is 0.180 e. The molecule has 0 saturated carbocycles. The van der Waals surface area contributed by atoms with Crippen molar-refractivity contribution >= 4 is 0 Å². The van der Waals surface area contributed by atoms with Crippen molar-refractivity contribution in [1.29, 1.82) is 0 Å². The molecule has 0 amide bonds. The molecular weight excluding hydrogens is 568 g/mol. The molecule has 0 aliphatic heterocycles. The second-order valence-corrected chi connectivity index (χ2v) is 11.8. The van der Waals surface area contributed by atoms with Gasteiger partial charge in [-0.05, 0) is 102 Å². The van der Waals surface area contributed by atoms with Crippen LogP contribution < -0.4 is 0 Å². The molecular formula is C38H74O7. The third kappa shape index (κ3) is 30.3. The molecule has 0 spiro atoms. The van der Waals surface area contributed by atoms with Gasteiger partial charge < -0.3 is 33.2 Å². The summed E-state index contributed by atoms with van der Waals surface area (Å²) in [5, 5.41) is 0. The standard InChI is InChI=1S/C38H74O7/c1-7-13-31-41-35(42-32-14-8-2)25-21-17-19-23-27-37(39-29-11-5)45-38(40-30-12-6)28-24-20-18-22-26-36(43-33-15-9-3)44-34-16-10-4/h23-24,27-28,35-38H,7-22,25-26,29-34H2,1-6H3. The second kappa shape index (κ2) is 36.0. The summed E-state index contributed by atoms with van der Waals surface area (Å²) in [7, 11) is 0. The van der Waals surface area contributed by atoms with Crippen LogP contribution in [0.4, 0.5) is 0 Å². The molecule has 0 aromatic heterocycles. The normalized spacial score (nSPS) is 13.7. The van der Waals surface area contributed by atoms with Crippen LogP contribution in [-0.2, 0) is 33.2 Å². The average molecular weight is 643 g/mol. The van der Waals surface area contributed by atoms with E-state index in [9.17, 15) is 0 Å². The molecule has 7 heteroatoms. The third-order valence-corrected chi connectivity index (χ3v) is 7.15. The Morgan fingerprint density at radius 2 is 0.733 bits per heavy atom. The van der Waals surface area contributed by atoms with Gasteiger partial charge in [0.15, 0.2) is 25.2 Å². The van der Waals surface area contributed by atoms with Crippen LogP contribution in [0, 0.1) is 0 Å². The minimum absolute atomic E-state index is 0.0843. The van der Waals surface area contributed by atoms with Gasteiger partial charge in [-0.15, -0.1) is 0 Å². The summed E-state index contributed by atoms with van der Waals surface area (Å²) in [6, 6.07) is 0. The minimum Gasteiger partial charge on any atom is -0.353 e. The molecule has 0 radical (unpaired) electrons. The first kappa shape index (κ1) is 44.2. The number of ether oxygens (including phenoxy) is 7. The number of rotatable bonds is 36. The van der Waals surface area contributed by atoms with Gasteiger partial charge in [0.1, 0.15) is 0 Å². The Bertz CT molecular complexity index is 555. The van der Waals surface area contributed by atoms with Crippen LogP contribution in [-0.4, -0.2) is 64.8 Å². The molecule has 0 N–H and O–H groups in total. The zero-order valence-electron chi connectivity index (χ0n) is 30.4. The molecule has 2 unspecified atom stereocenters. The van der Waals surface area contributed by atoms with E-state index in [4.69, 9.17) is 33.2 Å². The highest BCUT2D eigenvalue weighted by atomic mass is 16.8. The summed E-state index contributed by atoms with van der Waals surface area (Å²) in [4.78, 5) is 0. The number of allylic oxidation sites excluding steroid dienone is 2. The first-order valence-corrected chi connectivity index (χ1v) is 18.8. The second-order valence-electron chi connectivity index (χ2n) is 11.8. The van der Waals surface area contributed by atoms with Gasteiger partial charge >= 0.3 is 0 Å². The van der Waals surface area contributed by atoms with Gasteiger partial charge in [-0.1, -0.05) is 79.4 Å². The van der Waals surface area contributed by atoms with Crippen molar-refractivity contribution in [3.63, 3.8) is 0 Å². The fraction of sp³-hybridized carbons (Fsp3) is 0.895. The van der Waals surface area contributed by atoms with Crippen molar-refractivity contribution in [2.24, 2.45) is 0 Å². The minimum atomic E-state index is -0.430. The van der Waals surface area contributed by atoms with E-state index in [1.165, 1.54) is 0 Å². The van der Waals surface area contributed by atoms with Crippen LogP contribution in [0.1, 0.15) is 157 Å². The highest BCUT2D eigenvalue weighted by molar-refractivity contribution is 4.89.